The van der Waals surface area contributed by atoms with E-state index in [0.29, 0.717) is 17.6 Å². The molecule has 150 valence electrons. The summed E-state index contributed by atoms with van der Waals surface area (Å²) >= 11 is 6.11. The van der Waals surface area contributed by atoms with Gasteiger partial charge in [-0.05, 0) is 55.8 Å². The van der Waals surface area contributed by atoms with E-state index in [1.807, 2.05) is 29.2 Å². The van der Waals surface area contributed by atoms with E-state index in [9.17, 15) is 4.79 Å². The normalized spacial score (nSPS) is 21.8. The zero-order valence-corrected chi connectivity index (χ0v) is 17.2. The van der Waals surface area contributed by atoms with Gasteiger partial charge in [-0.1, -0.05) is 35.8 Å². The summed E-state index contributed by atoms with van der Waals surface area (Å²) in [6.45, 7) is 6.74. The standard InChI is InChI=1S/C22H28ClN3O2/c1-16-7-10-26(11-8-16)22(27)21-13-20(24-28-21)18-5-3-9-25(15-18)14-17-4-2-6-19(23)12-17/h2,4,6,12-13,16,18H,3,5,7-11,14-15H2,1H3/t18-/m1/s1. The molecular formula is C22H28ClN3O2. The van der Waals surface area contributed by atoms with Gasteiger partial charge in [0.05, 0.1) is 5.69 Å². The number of likely N-dealkylation sites (tertiary alicyclic amines) is 2. The van der Waals surface area contributed by atoms with Gasteiger partial charge in [0.25, 0.3) is 5.91 Å². The predicted molar refractivity (Wildman–Crippen MR) is 110 cm³/mol. The van der Waals surface area contributed by atoms with E-state index in [-0.39, 0.29) is 5.91 Å². The Balaban J connectivity index is 1.38. The van der Waals surface area contributed by atoms with Crippen LogP contribution in [0, 0.1) is 5.92 Å². The van der Waals surface area contributed by atoms with Crippen molar-refractivity contribution in [1.82, 2.24) is 15.0 Å². The van der Waals surface area contributed by atoms with Crippen LogP contribution in [0.4, 0.5) is 0 Å². The zero-order chi connectivity index (χ0) is 19.5. The van der Waals surface area contributed by atoms with Crippen molar-refractivity contribution in [1.29, 1.82) is 0 Å². The lowest BCUT2D eigenvalue weighted by Crippen LogP contribution is -2.37. The van der Waals surface area contributed by atoms with E-state index in [0.717, 1.165) is 69.1 Å². The average molecular weight is 402 g/mol. The van der Waals surface area contributed by atoms with Crippen LogP contribution in [-0.2, 0) is 6.54 Å². The van der Waals surface area contributed by atoms with Gasteiger partial charge in [-0.25, -0.2) is 0 Å². The molecule has 1 atom stereocenters. The number of hydrogen-bond acceptors (Lipinski definition) is 4. The quantitative estimate of drug-likeness (QED) is 0.752. The predicted octanol–water partition coefficient (Wildman–Crippen LogP) is 4.58. The Hall–Kier alpha value is -1.85. The highest BCUT2D eigenvalue weighted by atomic mass is 35.5. The van der Waals surface area contributed by atoms with Crippen molar-refractivity contribution >= 4 is 17.5 Å². The maximum Gasteiger partial charge on any atom is 0.292 e. The Morgan fingerprint density at radius 3 is 2.82 bits per heavy atom. The van der Waals surface area contributed by atoms with Gasteiger partial charge < -0.3 is 9.42 Å². The van der Waals surface area contributed by atoms with Crippen molar-refractivity contribution in [2.75, 3.05) is 26.2 Å². The first kappa shape index (κ1) is 19.5. The summed E-state index contributed by atoms with van der Waals surface area (Å²) in [6, 6.07) is 9.91. The number of carbonyl (C=O) groups excluding carboxylic acids is 1. The summed E-state index contributed by atoms with van der Waals surface area (Å²) in [4.78, 5) is 17.0. The highest BCUT2D eigenvalue weighted by Gasteiger charge is 2.28. The van der Waals surface area contributed by atoms with E-state index < -0.39 is 0 Å². The average Bonchev–Trinajstić information content (AvgIpc) is 3.19. The number of aromatic nitrogens is 1. The smallest absolute Gasteiger partial charge is 0.292 e. The van der Waals surface area contributed by atoms with Crippen molar-refractivity contribution < 1.29 is 9.32 Å². The molecule has 6 heteroatoms. The Kier molecular flexibility index (Phi) is 6.02. The second-order valence-corrected chi connectivity index (χ2v) is 8.73. The topological polar surface area (TPSA) is 49.6 Å². The highest BCUT2D eigenvalue weighted by Crippen LogP contribution is 2.28. The molecule has 0 saturated carbocycles. The van der Waals surface area contributed by atoms with Crippen LogP contribution < -0.4 is 0 Å². The Labute approximate surface area is 171 Å². The largest absolute Gasteiger partial charge is 0.351 e. The van der Waals surface area contributed by atoms with Crippen LogP contribution in [0.2, 0.25) is 5.02 Å². The molecular weight excluding hydrogens is 374 g/mol. The Morgan fingerprint density at radius 1 is 1.21 bits per heavy atom. The first-order chi connectivity index (χ1) is 13.6. The maximum atomic E-state index is 12.7. The molecule has 0 aliphatic carbocycles. The summed E-state index contributed by atoms with van der Waals surface area (Å²) in [7, 11) is 0. The fraction of sp³-hybridized carbons (Fsp3) is 0.545. The lowest BCUT2D eigenvalue weighted by atomic mass is 9.94. The first-order valence-electron chi connectivity index (χ1n) is 10.3. The van der Waals surface area contributed by atoms with Crippen LogP contribution in [-0.4, -0.2) is 47.0 Å². The van der Waals surface area contributed by atoms with Crippen molar-refractivity contribution in [2.45, 2.75) is 45.1 Å². The summed E-state index contributed by atoms with van der Waals surface area (Å²) < 4.78 is 5.45. The molecule has 2 fully saturated rings. The van der Waals surface area contributed by atoms with E-state index in [1.54, 1.807) is 0 Å². The van der Waals surface area contributed by atoms with Crippen LogP contribution >= 0.6 is 11.6 Å². The molecule has 0 N–H and O–H groups in total. The lowest BCUT2D eigenvalue weighted by Gasteiger charge is -2.31. The van der Waals surface area contributed by atoms with Crippen LogP contribution in [0.3, 0.4) is 0 Å². The SMILES string of the molecule is CC1CCN(C(=O)c2cc([C@@H]3CCCN(Cc4cccc(Cl)c4)C3)no2)CC1. The van der Waals surface area contributed by atoms with Crippen LogP contribution in [0.15, 0.2) is 34.9 Å². The number of halogens is 1. The van der Waals surface area contributed by atoms with Gasteiger partial charge in [-0.2, -0.15) is 0 Å². The molecule has 2 aromatic rings. The molecule has 2 aliphatic heterocycles. The molecule has 0 unspecified atom stereocenters. The molecule has 5 nitrogen and oxygen atoms in total. The summed E-state index contributed by atoms with van der Waals surface area (Å²) in [5, 5.41) is 5.03. The van der Waals surface area contributed by atoms with Crippen molar-refractivity contribution in [3.63, 3.8) is 0 Å². The van der Waals surface area contributed by atoms with Crippen LogP contribution in [0.25, 0.3) is 0 Å². The van der Waals surface area contributed by atoms with Gasteiger partial charge in [0.1, 0.15) is 0 Å². The van der Waals surface area contributed by atoms with Crippen molar-refractivity contribution in [3.05, 3.63) is 52.4 Å². The molecule has 0 bridgehead atoms. The number of piperidine rings is 2. The van der Waals surface area contributed by atoms with Gasteiger partial charge in [-0.15, -0.1) is 0 Å². The molecule has 2 aliphatic rings. The lowest BCUT2D eigenvalue weighted by molar-refractivity contribution is 0.0655. The highest BCUT2D eigenvalue weighted by molar-refractivity contribution is 6.30. The van der Waals surface area contributed by atoms with E-state index >= 15 is 0 Å². The molecule has 3 heterocycles. The third-order valence-electron chi connectivity index (χ3n) is 6.03. The molecule has 4 rings (SSSR count). The second-order valence-electron chi connectivity index (χ2n) is 8.29. The maximum absolute atomic E-state index is 12.7. The number of rotatable bonds is 4. The van der Waals surface area contributed by atoms with Crippen molar-refractivity contribution in [2.24, 2.45) is 5.92 Å². The molecule has 28 heavy (non-hydrogen) atoms. The van der Waals surface area contributed by atoms with E-state index in [4.69, 9.17) is 16.1 Å². The van der Waals surface area contributed by atoms with Gasteiger partial charge in [0.2, 0.25) is 5.76 Å². The number of hydrogen-bond donors (Lipinski definition) is 0. The monoisotopic (exact) mass is 401 g/mol. The zero-order valence-electron chi connectivity index (χ0n) is 16.4. The number of nitrogens with zero attached hydrogens (tertiary/aromatic N) is 3. The third kappa shape index (κ3) is 4.58. The number of benzene rings is 1. The first-order valence-corrected chi connectivity index (χ1v) is 10.7. The second kappa shape index (κ2) is 8.66. The minimum absolute atomic E-state index is 0.0164. The van der Waals surface area contributed by atoms with Crippen LogP contribution in [0.5, 0.6) is 0 Å². The Bertz CT molecular complexity index is 814. The summed E-state index contributed by atoms with van der Waals surface area (Å²) in [6.07, 6.45) is 4.32. The number of carbonyl (C=O) groups is 1. The van der Waals surface area contributed by atoms with E-state index in [2.05, 4.69) is 23.0 Å². The summed E-state index contributed by atoms with van der Waals surface area (Å²) in [5.74, 6) is 1.37. The fourth-order valence-electron chi connectivity index (χ4n) is 4.28. The Morgan fingerprint density at radius 2 is 2.04 bits per heavy atom. The van der Waals surface area contributed by atoms with Gasteiger partial charge in [0, 0.05) is 43.2 Å². The minimum Gasteiger partial charge on any atom is -0.351 e. The minimum atomic E-state index is -0.0164. The third-order valence-corrected chi connectivity index (χ3v) is 6.26. The molecule has 1 aromatic heterocycles. The van der Waals surface area contributed by atoms with Gasteiger partial charge >= 0.3 is 0 Å². The summed E-state index contributed by atoms with van der Waals surface area (Å²) in [5.41, 5.74) is 2.13. The van der Waals surface area contributed by atoms with Gasteiger partial charge in [-0.3, -0.25) is 9.69 Å². The molecule has 1 aromatic carbocycles. The molecule has 1 amide bonds. The van der Waals surface area contributed by atoms with Gasteiger partial charge in [0.15, 0.2) is 0 Å². The molecule has 2 saturated heterocycles. The molecule has 0 radical (unpaired) electrons. The van der Waals surface area contributed by atoms with Crippen LogP contribution in [0.1, 0.15) is 60.3 Å². The number of amides is 1. The fourth-order valence-corrected chi connectivity index (χ4v) is 4.50. The van der Waals surface area contributed by atoms with E-state index in [1.165, 1.54) is 5.56 Å². The molecule has 0 spiro atoms. The van der Waals surface area contributed by atoms with Crippen molar-refractivity contribution in [3.8, 4) is 0 Å².